The molecule has 5 rings (SSSR count). The third kappa shape index (κ3) is 3.76. The number of carbonyl (C=O) groups excluding carboxylic acids is 2. The number of imidazole rings is 1. The van der Waals surface area contributed by atoms with E-state index in [0.29, 0.717) is 12.1 Å². The summed E-state index contributed by atoms with van der Waals surface area (Å²) in [5.41, 5.74) is -1.35. The number of nitrogens with zero attached hydrogens (tertiary/aromatic N) is 4. The van der Waals surface area contributed by atoms with Gasteiger partial charge in [0.25, 0.3) is 5.91 Å². The number of carbonyl (C=O) groups is 2. The van der Waals surface area contributed by atoms with E-state index < -0.39 is 41.5 Å². The van der Waals surface area contributed by atoms with Crippen molar-refractivity contribution in [2.24, 2.45) is 0 Å². The number of β-amino-alcohol motifs (C(OH)–C–C–N with tert-alkyl or cyclic N) is 1. The lowest BCUT2D eigenvalue weighted by atomic mass is 10.00. The van der Waals surface area contributed by atoms with E-state index in [4.69, 9.17) is 20.8 Å². The summed E-state index contributed by atoms with van der Waals surface area (Å²) in [4.78, 5) is 31.6. The smallest absolute Gasteiger partial charge is 0.420 e. The third-order valence-electron chi connectivity index (χ3n) is 6.05. The molecule has 2 aliphatic heterocycles. The van der Waals surface area contributed by atoms with Crippen molar-refractivity contribution in [1.29, 1.82) is 0 Å². The summed E-state index contributed by atoms with van der Waals surface area (Å²) in [6.45, 7) is 0.584. The van der Waals surface area contributed by atoms with Crippen LogP contribution >= 0.6 is 11.6 Å². The van der Waals surface area contributed by atoms with E-state index in [2.05, 4.69) is 4.98 Å². The second-order valence-corrected chi connectivity index (χ2v) is 8.44. The first-order valence-corrected chi connectivity index (χ1v) is 10.7. The maximum absolute atomic E-state index is 13.8. The van der Waals surface area contributed by atoms with Gasteiger partial charge >= 0.3 is 12.3 Å². The molecule has 2 unspecified atom stereocenters. The standard InChI is InChI=1S/C21H18ClF3N4O5/c22-17-16(19(31)27-3-1-14(15(30)9-27)28-4-6-34-20(28)32)26-18-13(21(23,24)25)7-12(8-29(17)18)11-2-5-33-10-11/h2,5,7-8,10,14-15,30H,1,3-4,6,9H2. The van der Waals surface area contributed by atoms with Gasteiger partial charge in [-0.2, -0.15) is 13.2 Å². The lowest BCUT2D eigenvalue weighted by molar-refractivity contribution is -0.136. The fourth-order valence-electron chi connectivity index (χ4n) is 4.37. The summed E-state index contributed by atoms with van der Waals surface area (Å²) in [5, 5.41) is 10.3. The summed E-state index contributed by atoms with van der Waals surface area (Å²) in [5.74, 6) is -0.715. The van der Waals surface area contributed by atoms with Crippen LogP contribution in [0.5, 0.6) is 0 Å². The minimum atomic E-state index is -4.76. The minimum Gasteiger partial charge on any atom is -0.472 e. The Balaban J connectivity index is 1.48. The van der Waals surface area contributed by atoms with Crippen molar-refractivity contribution in [2.45, 2.75) is 24.7 Å². The lowest BCUT2D eigenvalue weighted by Gasteiger charge is -2.38. The van der Waals surface area contributed by atoms with Crippen LogP contribution in [0, 0.1) is 0 Å². The Bertz CT molecular complexity index is 1260. The van der Waals surface area contributed by atoms with Crippen LogP contribution in [-0.2, 0) is 10.9 Å². The van der Waals surface area contributed by atoms with E-state index in [9.17, 15) is 27.9 Å². The zero-order chi connectivity index (χ0) is 24.2. The monoisotopic (exact) mass is 498 g/mol. The highest BCUT2D eigenvalue weighted by Gasteiger charge is 2.40. The zero-order valence-corrected chi connectivity index (χ0v) is 18.2. The normalized spacial score (nSPS) is 21.4. The highest BCUT2D eigenvalue weighted by Crippen LogP contribution is 2.37. The highest BCUT2D eigenvalue weighted by atomic mass is 35.5. The average molecular weight is 499 g/mol. The number of cyclic esters (lactones) is 1. The quantitative estimate of drug-likeness (QED) is 0.595. The molecule has 2 aliphatic rings. The van der Waals surface area contributed by atoms with Crippen LogP contribution in [0.1, 0.15) is 22.5 Å². The van der Waals surface area contributed by atoms with Crippen molar-refractivity contribution in [1.82, 2.24) is 19.2 Å². The molecule has 0 spiro atoms. The van der Waals surface area contributed by atoms with Gasteiger partial charge in [-0.1, -0.05) is 11.6 Å². The number of aliphatic hydroxyl groups is 1. The maximum Gasteiger partial charge on any atom is 0.420 e. The van der Waals surface area contributed by atoms with Gasteiger partial charge in [0.1, 0.15) is 11.8 Å². The number of aliphatic hydroxyl groups excluding tert-OH is 1. The van der Waals surface area contributed by atoms with Crippen molar-refractivity contribution in [3.8, 4) is 11.1 Å². The molecule has 0 aromatic carbocycles. The van der Waals surface area contributed by atoms with Gasteiger partial charge in [0.05, 0.1) is 36.8 Å². The molecular formula is C21H18ClF3N4O5. The third-order valence-corrected chi connectivity index (χ3v) is 6.41. The van der Waals surface area contributed by atoms with E-state index in [1.165, 1.54) is 34.6 Å². The molecule has 0 saturated carbocycles. The molecule has 34 heavy (non-hydrogen) atoms. The second kappa shape index (κ2) is 8.20. The van der Waals surface area contributed by atoms with Gasteiger partial charge in [0, 0.05) is 30.4 Å². The number of aromatic nitrogens is 2. The molecule has 0 aliphatic carbocycles. The number of hydrogen-bond acceptors (Lipinski definition) is 6. The summed E-state index contributed by atoms with van der Waals surface area (Å²) in [6.07, 6.45) is -2.10. The fraction of sp³-hybridized carbons (Fsp3) is 0.381. The summed E-state index contributed by atoms with van der Waals surface area (Å²) in [7, 11) is 0. The van der Waals surface area contributed by atoms with Crippen LogP contribution in [-0.4, -0.2) is 74.7 Å². The van der Waals surface area contributed by atoms with Gasteiger partial charge in [0.2, 0.25) is 0 Å². The van der Waals surface area contributed by atoms with Crippen LogP contribution < -0.4 is 0 Å². The molecule has 1 N–H and O–H groups in total. The molecule has 0 bridgehead atoms. The molecule has 3 aromatic rings. The van der Waals surface area contributed by atoms with Gasteiger partial charge in [-0.25, -0.2) is 9.78 Å². The Morgan fingerprint density at radius 2 is 2.06 bits per heavy atom. The van der Waals surface area contributed by atoms with Gasteiger partial charge in [-0.05, 0) is 18.6 Å². The van der Waals surface area contributed by atoms with E-state index in [-0.39, 0.29) is 42.5 Å². The minimum absolute atomic E-state index is 0.135. The number of rotatable bonds is 3. The highest BCUT2D eigenvalue weighted by molar-refractivity contribution is 6.33. The Labute approximate surface area is 195 Å². The Morgan fingerprint density at radius 3 is 2.68 bits per heavy atom. The molecule has 180 valence electrons. The molecule has 0 radical (unpaired) electrons. The zero-order valence-electron chi connectivity index (χ0n) is 17.5. The van der Waals surface area contributed by atoms with Gasteiger partial charge in [0.15, 0.2) is 11.3 Å². The molecule has 2 saturated heterocycles. The van der Waals surface area contributed by atoms with Crippen molar-refractivity contribution >= 4 is 29.2 Å². The number of ether oxygens (including phenoxy) is 1. The maximum atomic E-state index is 13.8. The van der Waals surface area contributed by atoms with Crippen LogP contribution in [0.4, 0.5) is 18.0 Å². The van der Waals surface area contributed by atoms with E-state index in [1.807, 2.05) is 0 Å². The number of halogens is 4. The lowest BCUT2D eigenvalue weighted by Crippen LogP contribution is -2.55. The van der Waals surface area contributed by atoms with E-state index >= 15 is 0 Å². The van der Waals surface area contributed by atoms with Crippen LogP contribution in [0.25, 0.3) is 16.8 Å². The first-order chi connectivity index (χ1) is 16.1. The van der Waals surface area contributed by atoms with Gasteiger partial charge in [-0.3, -0.25) is 14.1 Å². The summed E-state index contributed by atoms with van der Waals surface area (Å²) in [6, 6.07) is 1.90. The summed E-state index contributed by atoms with van der Waals surface area (Å²) >= 11 is 6.34. The first-order valence-electron chi connectivity index (χ1n) is 10.4. The SMILES string of the molecule is O=C(c1nc2c(C(F)(F)F)cc(-c3ccoc3)cn2c1Cl)N1CCC(N2CCOC2=O)C(O)C1. The molecule has 2 amide bonds. The Hall–Kier alpha value is -3.25. The number of piperidine rings is 1. The predicted octanol–water partition coefficient (Wildman–Crippen LogP) is 3.29. The number of furan rings is 1. The summed E-state index contributed by atoms with van der Waals surface area (Å²) < 4.78 is 52.3. The average Bonchev–Trinajstić information content (AvgIpc) is 3.53. The number of hydrogen-bond donors (Lipinski definition) is 1. The molecule has 13 heteroatoms. The molecule has 3 aromatic heterocycles. The largest absolute Gasteiger partial charge is 0.472 e. The van der Waals surface area contributed by atoms with Crippen molar-refractivity contribution in [2.75, 3.05) is 26.2 Å². The first kappa shape index (κ1) is 22.5. The van der Waals surface area contributed by atoms with E-state index in [0.717, 1.165) is 10.5 Å². The topological polar surface area (TPSA) is 101 Å². The molecule has 5 heterocycles. The van der Waals surface area contributed by atoms with Crippen LogP contribution in [0.2, 0.25) is 5.15 Å². The van der Waals surface area contributed by atoms with Crippen LogP contribution in [0.3, 0.4) is 0 Å². The predicted molar refractivity (Wildman–Crippen MR) is 111 cm³/mol. The van der Waals surface area contributed by atoms with Crippen molar-refractivity contribution < 1.29 is 37.0 Å². The van der Waals surface area contributed by atoms with Crippen LogP contribution in [0.15, 0.2) is 35.3 Å². The van der Waals surface area contributed by atoms with Gasteiger partial charge in [-0.15, -0.1) is 0 Å². The second-order valence-electron chi connectivity index (χ2n) is 8.08. The Morgan fingerprint density at radius 1 is 1.26 bits per heavy atom. The number of fused-ring (bicyclic) bond motifs is 1. The number of pyridine rings is 1. The molecular weight excluding hydrogens is 481 g/mol. The number of alkyl halides is 3. The number of amides is 2. The fourth-order valence-corrected chi connectivity index (χ4v) is 4.62. The Kier molecular flexibility index (Phi) is 5.44. The van der Waals surface area contributed by atoms with Gasteiger partial charge < -0.3 is 19.2 Å². The van der Waals surface area contributed by atoms with Crippen molar-refractivity contribution in [3.05, 3.63) is 47.3 Å². The number of likely N-dealkylation sites (tertiary alicyclic amines) is 1. The molecule has 2 atom stereocenters. The molecule has 9 nitrogen and oxygen atoms in total. The van der Waals surface area contributed by atoms with E-state index in [1.54, 1.807) is 0 Å². The van der Waals surface area contributed by atoms with Crippen molar-refractivity contribution in [3.63, 3.8) is 0 Å². The molecule has 2 fully saturated rings.